The molecule has 8 heteroatoms. The molecule has 2 amide bonds. The average Bonchev–Trinajstić information content (AvgIpc) is 3.01. The Morgan fingerprint density at radius 2 is 1.91 bits per heavy atom. The highest BCUT2D eigenvalue weighted by atomic mass is 32.1. The number of rotatable bonds is 2. The van der Waals surface area contributed by atoms with E-state index in [1.54, 1.807) is 17.4 Å². The van der Waals surface area contributed by atoms with Gasteiger partial charge in [0.15, 0.2) is 0 Å². The fraction of sp³-hybridized carbons (Fsp3) is 0.0667. The summed E-state index contributed by atoms with van der Waals surface area (Å²) in [6.07, 6.45) is 0. The van der Waals surface area contributed by atoms with E-state index in [1.165, 1.54) is 6.07 Å². The SMILES string of the molecule is Cc1cc2[nH]c(C(=O)NNC(=O)c3ccc(F)cc3N)cc2s1. The number of thiophene rings is 1. The van der Waals surface area contributed by atoms with Crippen molar-refractivity contribution in [2.75, 3.05) is 5.73 Å². The lowest BCUT2D eigenvalue weighted by Crippen LogP contribution is -2.42. The van der Waals surface area contributed by atoms with Crippen molar-refractivity contribution in [2.45, 2.75) is 6.92 Å². The number of amides is 2. The third kappa shape index (κ3) is 3.02. The Morgan fingerprint density at radius 1 is 1.17 bits per heavy atom. The molecule has 0 saturated carbocycles. The highest BCUT2D eigenvalue weighted by Gasteiger charge is 2.14. The van der Waals surface area contributed by atoms with Crippen LogP contribution < -0.4 is 16.6 Å². The first kappa shape index (κ1) is 15.0. The number of anilines is 1. The number of nitrogen functional groups attached to an aromatic ring is 1. The van der Waals surface area contributed by atoms with E-state index in [1.807, 2.05) is 13.0 Å². The van der Waals surface area contributed by atoms with Gasteiger partial charge in [0.25, 0.3) is 11.8 Å². The van der Waals surface area contributed by atoms with Gasteiger partial charge in [-0.1, -0.05) is 0 Å². The lowest BCUT2D eigenvalue weighted by Gasteiger charge is -2.08. The number of aromatic nitrogens is 1. The Kier molecular flexibility index (Phi) is 3.75. The smallest absolute Gasteiger partial charge is 0.286 e. The van der Waals surface area contributed by atoms with E-state index in [2.05, 4.69) is 15.8 Å². The number of H-pyrrole nitrogens is 1. The normalized spacial score (nSPS) is 10.7. The number of fused-ring (bicyclic) bond motifs is 1. The molecule has 0 atom stereocenters. The van der Waals surface area contributed by atoms with Crippen LogP contribution in [0.5, 0.6) is 0 Å². The van der Waals surface area contributed by atoms with Gasteiger partial charge in [0.2, 0.25) is 0 Å². The molecular weight excluding hydrogens is 319 g/mol. The molecule has 0 unspecified atom stereocenters. The number of carbonyl (C=O) groups excluding carboxylic acids is 2. The second-order valence-corrected chi connectivity index (χ2v) is 6.25. The van der Waals surface area contributed by atoms with Crippen LogP contribution in [0.25, 0.3) is 10.2 Å². The van der Waals surface area contributed by atoms with Crippen molar-refractivity contribution in [3.8, 4) is 0 Å². The third-order valence-corrected chi connectivity index (χ3v) is 4.22. The van der Waals surface area contributed by atoms with E-state index in [4.69, 9.17) is 5.73 Å². The van der Waals surface area contributed by atoms with Crippen molar-refractivity contribution in [3.05, 3.63) is 52.3 Å². The predicted octanol–water partition coefficient (Wildman–Crippen LogP) is 2.33. The first-order valence-corrected chi connectivity index (χ1v) is 7.50. The Bertz CT molecular complexity index is 884. The maximum Gasteiger partial charge on any atom is 0.286 e. The Hall–Kier alpha value is -2.87. The number of nitrogens with one attached hydrogen (secondary N) is 3. The predicted molar refractivity (Wildman–Crippen MR) is 86.7 cm³/mol. The maximum absolute atomic E-state index is 13.0. The lowest BCUT2D eigenvalue weighted by molar-refractivity contribution is 0.0845. The number of hydrogen-bond acceptors (Lipinski definition) is 4. The number of aromatic amines is 1. The molecule has 2 heterocycles. The minimum Gasteiger partial charge on any atom is -0.398 e. The summed E-state index contributed by atoms with van der Waals surface area (Å²) in [6, 6.07) is 7.06. The van der Waals surface area contributed by atoms with E-state index in [0.29, 0.717) is 5.69 Å². The summed E-state index contributed by atoms with van der Waals surface area (Å²) < 4.78 is 13.9. The van der Waals surface area contributed by atoms with E-state index < -0.39 is 17.6 Å². The van der Waals surface area contributed by atoms with E-state index in [-0.39, 0.29) is 11.3 Å². The summed E-state index contributed by atoms with van der Waals surface area (Å²) >= 11 is 1.56. The van der Waals surface area contributed by atoms with Crippen LogP contribution in [0.4, 0.5) is 10.1 Å². The maximum atomic E-state index is 13.0. The number of carbonyl (C=O) groups is 2. The minimum absolute atomic E-state index is 0.00684. The van der Waals surface area contributed by atoms with Gasteiger partial charge in [0.05, 0.1) is 15.8 Å². The standard InChI is InChI=1S/C15H13FN4O2S/c1-7-4-11-13(23-7)6-12(18-11)15(22)20-19-14(21)9-3-2-8(16)5-10(9)17/h2-6,18H,17H2,1H3,(H,19,21)(H,20,22). The van der Waals surface area contributed by atoms with Crippen molar-refractivity contribution in [1.29, 1.82) is 0 Å². The van der Waals surface area contributed by atoms with Gasteiger partial charge in [0, 0.05) is 10.6 Å². The molecule has 0 aliphatic carbocycles. The summed E-state index contributed by atoms with van der Waals surface area (Å²) in [5, 5.41) is 0. The Labute approximate surface area is 134 Å². The van der Waals surface area contributed by atoms with Gasteiger partial charge in [0.1, 0.15) is 11.5 Å². The number of hydrogen-bond donors (Lipinski definition) is 4. The van der Waals surface area contributed by atoms with Crippen molar-refractivity contribution in [1.82, 2.24) is 15.8 Å². The van der Waals surface area contributed by atoms with Gasteiger partial charge in [-0.15, -0.1) is 11.3 Å². The summed E-state index contributed by atoms with van der Waals surface area (Å²) in [4.78, 5) is 28.1. The summed E-state index contributed by atoms with van der Waals surface area (Å²) in [6.45, 7) is 1.98. The molecule has 0 bridgehead atoms. The molecule has 5 N–H and O–H groups in total. The van der Waals surface area contributed by atoms with E-state index >= 15 is 0 Å². The molecule has 23 heavy (non-hydrogen) atoms. The van der Waals surface area contributed by atoms with Crippen LogP contribution >= 0.6 is 11.3 Å². The molecule has 0 aliphatic heterocycles. The van der Waals surface area contributed by atoms with Crippen LogP contribution in [0.1, 0.15) is 25.7 Å². The van der Waals surface area contributed by atoms with Crippen LogP contribution in [-0.4, -0.2) is 16.8 Å². The van der Waals surface area contributed by atoms with Crippen LogP contribution in [0.2, 0.25) is 0 Å². The molecule has 0 saturated heterocycles. The number of hydrazine groups is 1. The molecule has 3 rings (SSSR count). The Morgan fingerprint density at radius 3 is 2.61 bits per heavy atom. The van der Waals surface area contributed by atoms with Crippen LogP contribution in [0.3, 0.4) is 0 Å². The zero-order valence-electron chi connectivity index (χ0n) is 12.1. The molecule has 0 spiro atoms. The molecule has 6 nitrogen and oxygen atoms in total. The molecule has 3 aromatic rings. The van der Waals surface area contributed by atoms with Gasteiger partial charge in [-0.3, -0.25) is 20.4 Å². The van der Waals surface area contributed by atoms with Crippen LogP contribution in [-0.2, 0) is 0 Å². The minimum atomic E-state index is -0.625. The first-order valence-electron chi connectivity index (χ1n) is 6.69. The molecule has 2 aromatic heterocycles. The fourth-order valence-corrected chi connectivity index (χ4v) is 3.08. The topological polar surface area (TPSA) is 100 Å². The Balaban J connectivity index is 1.68. The number of aryl methyl sites for hydroxylation is 1. The van der Waals surface area contributed by atoms with Crippen LogP contribution in [0, 0.1) is 12.7 Å². The molecule has 0 fully saturated rings. The van der Waals surface area contributed by atoms with Crippen molar-refractivity contribution in [2.24, 2.45) is 0 Å². The second kappa shape index (κ2) is 5.73. The van der Waals surface area contributed by atoms with E-state index in [0.717, 1.165) is 27.2 Å². The van der Waals surface area contributed by atoms with Crippen molar-refractivity contribution in [3.63, 3.8) is 0 Å². The summed E-state index contributed by atoms with van der Waals surface area (Å²) in [5.74, 6) is -1.65. The van der Waals surface area contributed by atoms with E-state index in [9.17, 15) is 14.0 Å². The second-order valence-electron chi connectivity index (χ2n) is 4.96. The molecule has 0 radical (unpaired) electrons. The molecule has 118 valence electrons. The highest BCUT2D eigenvalue weighted by Crippen LogP contribution is 2.25. The molecule has 0 aliphatic rings. The van der Waals surface area contributed by atoms with Gasteiger partial charge >= 0.3 is 0 Å². The largest absolute Gasteiger partial charge is 0.398 e. The first-order chi connectivity index (χ1) is 10.9. The molecular formula is C15H13FN4O2S. The quantitative estimate of drug-likeness (QED) is 0.428. The fourth-order valence-electron chi connectivity index (χ4n) is 2.16. The summed E-state index contributed by atoms with van der Waals surface area (Å²) in [5.41, 5.74) is 11.4. The number of benzene rings is 1. The third-order valence-electron chi connectivity index (χ3n) is 3.22. The van der Waals surface area contributed by atoms with Gasteiger partial charge < -0.3 is 10.7 Å². The van der Waals surface area contributed by atoms with Gasteiger partial charge in [-0.2, -0.15) is 0 Å². The highest BCUT2D eigenvalue weighted by molar-refractivity contribution is 7.19. The average molecular weight is 332 g/mol. The van der Waals surface area contributed by atoms with Crippen molar-refractivity contribution < 1.29 is 14.0 Å². The zero-order chi connectivity index (χ0) is 16.6. The number of halogens is 1. The van der Waals surface area contributed by atoms with Gasteiger partial charge in [-0.05, 0) is 37.3 Å². The van der Waals surface area contributed by atoms with Crippen molar-refractivity contribution >= 4 is 39.1 Å². The lowest BCUT2D eigenvalue weighted by atomic mass is 10.1. The van der Waals surface area contributed by atoms with Gasteiger partial charge in [-0.25, -0.2) is 4.39 Å². The zero-order valence-corrected chi connectivity index (χ0v) is 12.9. The summed E-state index contributed by atoms with van der Waals surface area (Å²) in [7, 11) is 0. The van der Waals surface area contributed by atoms with Crippen LogP contribution in [0.15, 0.2) is 30.3 Å². The number of nitrogens with two attached hydrogens (primary N) is 1. The monoisotopic (exact) mass is 332 g/mol. The molecule has 1 aromatic carbocycles.